The lowest BCUT2D eigenvalue weighted by Crippen LogP contribution is -2.42. The molecule has 0 saturated carbocycles. The van der Waals surface area contributed by atoms with Crippen LogP contribution >= 0.6 is 34.2 Å². The van der Waals surface area contributed by atoms with Crippen LogP contribution in [0.2, 0.25) is 5.02 Å². The fraction of sp³-hybridized carbons (Fsp3) is 0.357. The van der Waals surface area contributed by atoms with E-state index in [0.717, 1.165) is 9.99 Å². The number of halogens is 2. The van der Waals surface area contributed by atoms with Crippen molar-refractivity contribution in [3.05, 3.63) is 32.4 Å². The first-order valence-corrected chi connectivity index (χ1v) is 7.91. The molecule has 1 aliphatic heterocycles. The van der Waals surface area contributed by atoms with Crippen LogP contribution in [0.25, 0.3) is 0 Å². The first-order chi connectivity index (χ1) is 10.0. The van der Waals surface area contributed by atoms with Crippen molar-refractivity contribution in [3.63, 3.8) is 0 Å². The second-order valence-corrected chi connectivity index (χ2v) is 6.33. The molecule has 1 fully saturated rings. The molecule has 0 aromatic heterocycles. The van der Waals surface area contributed by atoms with Crippen LogP contribution < -0.4 is 5.32 Å². The van der Waals surface area contributed by atoms with Crippen molar-refractivity contribution < 1.29 is 9.59 Å². The van der Waals surface area contributed by atoms with E-state index in [4.69, 9.17) is 16.9 Å². The molecule has 5 nitrogen and oxygen atoms in total. The van der Waals surface area contributed by atoms with E-state index in [1.807, 2.05) is 0 Å². The maximum absolute atomic E-state index is 12.1. The molecule has 1 aromatic carbocycles. The van der Waals surface area contributed by atoms with Crippen LogP contribution in [-0.2, 0) is 4.79 Å². The van der Waals surface area contributed by atoms with Crippen LogP contribution in [0.1, 0.15) is 23.2 Å². The van der Waals surface area contributed by atoms with Crippen LogP contribution in [0.4, 0.5) is 0 Å². The van der Waals surface area contributed by atoms with Gasteiger partial charge in [-0.3, -0.25) is 9.59 Å². The van der Waals surface area contributed by atoms with Gasteiger partial charge in [0.2, 0.25) is 5.91 Å². The molecule has 1 N–H and O–H groups in total. The molecule has 7 heteroatoms. The van der Waals surface area contributed by atoms with Gasteiger partial charge in [-0.2, -0.15) is 5.26 Å². The number of rotatable bonds is 3. The first-order valence-electron chi connectivity index (χ1n) is 6.45. The molecule has 110 valence electrons. The normalized spacial score (nSPS) is 17.4. The van der Waals surface area contributed by atoms with Crippen molar-refractivity contribution in [2.75, 3.05) is 13.1 Å². The van der Waals surface area contributed by atoms with Crippen LogP contribution in [-0.4, -0.2) is 35.8 Å². The van der Waals surface area contributed by atoms with Crippen molar-refractivity contribution in [2.45, 2.75) is 18.9 Å². The maximum Gasteiger partial charge on any atom is 0.253 e. The van der Waals surface area contributed by atoms with Gasteiger partial charge < -0.3 is 10.2 Å². The summed E-state index contributed by atoms with van der Waals surface area (Å²) in [5, 5.41) is 11.9. The third-order valence-electron chi connectivity index (χ3n) is 3.30. The number of carbonyl (C=O) groups excluding carboxylic acids is 2. The lowest BCUT2D eigenvalue weighted by molar-refractivity contribution is -0.130. The molecule has 1 aliphatic rings. The van der Waals surface area contributed by atoms with E-state index in [9.17, 15) is 9.59 Å². The summed E-state index contributed by atoms with van der Waals surface area (Å²) >= 11 is 8.06. The Balaban J connectivity index is 1.96. The Hall–Kier alpha value is -1.33. The van der Waals surface area contributed by atoms with Gasteiger partial charge in [0, 0.05) is 10.1 Å². The smallest absolute Gasteiger partial charge is 0.253 e. The standard InChI is InChI=1S/C14H13ClIN3O2/c15-12-4-3-9(16)6-11(12)14(21)18-8-13(20)19-5-1-2-10(19)7-17/h3-4,6,10H,1-2,5,8H2,(H,18,21). The number of nitrogens with one attached hydrogen (secondary N) is 1. The number of nitriles is 1. The summed E-state index contributed by atoms with van der Waals surface area (Å²) in [5.41, 5.74) is 0.342. The molecule has 0 radical (unpaired) electrons. The Morgan fingerprint density at radius 1 is 1.52 bits per heavy atom. The molecular formula is C14H13ClIN3O2. The largest absolute Gasteiger partial charge is 0.343 e. The van der Waals surface area contributed by atoms with E-state index >= 15 is 0 Å². The highest BCUT2D eigenvalue weighted by Gasteiger charge is 2.28. The molecular weight excluding hydrogens is 405 g/mol. The van der Waals surface area contributed by atoms with Crippen molar-refractivity contribution in [1.29, 1.82) is 5.26 Å². The molecule has 1 atom stereocenters. The van der Waals surface area contributed by atoms with Crippen molar-refractivity contribution in [3.8, 4) is 6.07 Å². The van der Waals surface area contributed by atoms with Gasteiger partial charge in [0.1, 0.15) is 6.04 Å². The lowest BCUT2D eigenvalue weighted by Gasteiger charge is -2.19. The zero-order valence-corrected chi connectivity index (χ0v) is 14.0. The number of amides is 2. The summed E-state index contributed by atoms with van der Waals surface area (Å²) in [5.74, 6) is -0.631. The molecule has 2 rings (SSSR count). The monoisotopic (exact) mass is 417 g/mol. The maximum atomic E-state index is 12.1. The molecule has 0 bridgehead atoms. The zero-order valence-electron chi connectivity index (χ0n) is 11.1. The van der Waals surface area contributed by atoms with Gasteiger partial charge in [-0.05, 0) is 53.6 Å². The minimum Gasteiger partial charge on any atom is -0.343 e. The summed E-state index contributed by atoms with van der Waals surface area (Å²) in [6.07, 6.45) is 1.51. The average molecular weight is 418 g/mol. The Morgan fingerprint density at radius 2 is 2.29 bits per heavy atom. The molecule has 2 amide bonds. The summed E-state index contributed by atoms with van der Waals surface area (Å²) in [6, 6.07) is 6.83. The predicted molar refractivity (Wildman–Crippen MR) is 86.9 cm³/mol. The fourth-order valence-corrected chi connectivity index (χ4v) is 2.92. The van der Waals surface area contributed by atoms with E-state index in [1.54, 1.807) is 18.2 Å². The van der Waals surface area contributed by atoms with E-state index in [0.29, 0.717) is 23.6 Å². The van der Waals surface area contributed by atoms with Gasteiger partial charge in [-0.1, -0.05) is 11.6 Å². The molecule has 1 saturated heterocycles. The number of hydrogen-bond donors (Lipinski definition) is 1. The number of hydrogen-bond acceptors (Lipinski definition) is 3. The molecule has 21 heavy (non-hydrogen) atoms. The third-order valence-corrected chi connectivity index (χ3v) is 4.30. The molecule has 0 spiro atoms. The van der Waals surface area contributed by atoms with Crippen LogP contribution in [0.5, 0.6) is 0 Å². The number of likely N-dealkylation sites (tertiary alicyclic amines) is 1. The van der Waals surface area contributed by atoms with Gasteiger partial charge in [0.25, 0.3) is 5.91 Å². The number of nitrogens with zero attached hydrogens (tertiary/aromatic N) is 2. The van der Waals surface area contributed by atoms with E-state index in [1.165, 1.54) is 4.90 Å². The van der Waals surface area contributed by atoms with Crippen LogP contribution in [0.3, 0.4) is 0 Å². The molecule has 1 heterocycles. The Kier molecular flexibility index (Phi) is 5.42. The highest BCUT2D eigenvalue weighted by molar-refractivity contribution is 14.1. The van der Waals surface area contributed by atoms with E-state index < -0.39 is 0 Å². The van der Waals surface area contributed by atoms with Gasteiger partial charge in [-0.15, -0.1) is 0 Å². The van der Waals surface area contributed by atoms with Gasteiger partial charge in [0.15, 0.2) is 0 Å². The van der Waals surface area contributed by atoms with Gasteiger partial charge in [0.05, 0.1) is 23.2 Å². The minimum atomic E-state index is -0.389. The molecule has 0 aliphatic carbocycles. The fourth-order valence-electron chi connectivity index (χ4n) is 2.22. The van der Waals surface area contributed by atoms with Gasteiger partial charge >= 0.3 is 0 Å². The quantitative estimate of drug-likeness (QED) is 0.766. The minimum absolute atomic E-state index is 0.126. The summed E-state index contributed by atoms with van der Waals surface area (Å²) < 4.78 is 0.887. The lowest BCUT2D eigenvalue weighted by atomic mass is 10.2. The average Bonchev–Trinajstić information content (AvgIpc) is 2.95. The SMILES string of the molecule is N#CC1CCCN1C(=O)CNC(=O)c1cc(I)ccc1Cl. The second-order valence-electron chi connectivity index (χ2n) is 4.68. The van der Waals surface area contributed by atoms with Crippen LogP contribution in [0.15, 0.2) is 18.2 Å². The highest BCUT2D eigenvalue weighted by atomic mass is 127. The Bertz CT molecular complexity index is 615. The van der Waals surface area contributed by atoms with Crippen molar-refractivity contribution in [1.82, 2.24) is 10.2 Å². The Morgan fingerprint density at radius 3 is 3.00 bits per heavy atom. The topological polar surface area (TPSA) is 73.2 Å². The van der Waals surface area contributed by atoms with Crippen LogP contribution in [0, 0.1) is 14.9 Å². The summed E-state index contributed by atoms with van der Waals surface area (Å²) in [6.45, 7) is 0.440. The summed E-state index contributed by atoms with van der Waals surface area (Å²) in [4.78, 5) is 25.6. The van der Waals surface area contributed by atoms with E-state index in [2.05, 4.69) is 34.0 Å². The predicted octanol–water partition coefficient (Wildman–Crippen LogP) is 2.19. The van der Waals surface area contributed by atoms with Crippen molar-refractivity contribution >= 4 is 46.0 Å². The van der Waals surface area contributed by atoms with Crippen molar-refractivity contribution in [2.24, 2.45) is 0 Å². The number of benzene rings is 1. The van der Waals surface area contributed by atoms with Gasteiger partial charge in [-0.25, -0.2) is 0 Å². The zero-order chi connectivity index (χ0) is 15.4. The first kappa shape index (κ1) is 16.0. The molecule has 1 aromatic rings. The molecule has 1 unspecified atom stereocenters. The van der Waals surface area contributed by atoms with E-state index in [-0.39, 0.29) is 24.4 Å². The highest BCUT2D eigenvalue weighted by Crippen LogP contribution is 2.19. The second kappa shape index (κ2) is 7.09. The number of carbonyl (C=O) groups is 2. The third kappa shape index (κ3) is 3.86. The Labute approximate surface area is 141 Å². The summed E-state index contributed by atoms with van der Waals surface area (Å²) in [7, 11) is 0.